The van der Waals surface area contributed by atoms with E-state index in [-0.39, 0.29) is 5.97 Å². The first-order chi connectivity index (χ1) is 8.24. The summed E-state index contributed by atoms with van der Waals surface area (Å²) in [6.07, 6.45) is 0. The number of carbonyl (C=O) groups is 1. The quantitative estimate of drug-likeness (QED) is 0.761. The van der Waals surface area contributed by atoms with E-state index in [0.29, 0.717) is 18.1 Å². The standard InChI is InChI=1S/C13H13NO3/c1-3-17-13(15)10-5-4-9-6-7-12(16-2)14-11(9)8-10/h4-8H,3H2,1-2H3. The number of hydrogen-bond donors (Lipinski definition) is 0. The fourth-order valence-corrected chi connectivity index (χ4v) is 1.55. The van der Waals surface area contributed by atoms with Crippen LogP contribution in [0.25, 0.3) is 10.9 Å². The van der Waals surface area contributed by atoms with Gasteiger partial charge in [0.25, 0.3) is 0 Å². The predicted molar refractivity (Wildman–Crippen MR) is 64.3 cm³/mol. The number of esters is 1. The van der Waals surface area contributed by atoms with Gasteiger partial charge in [-0.05, 0) is 25.1 Å². The highest BCUT2D eigenvalue weighted by Crippen LogP contribution is 2.18. The molecular weight excluding hydrogens is 218 g/mol. The molecule has 0 radical (unpaired) electrons. The number of benzene rings is 1. The summed E-state index contributed by atoms with van der Waals surface area (Å²) >= 11 is 0. The molecule has 0 aliphatic carbocycles. The summed E-state index contributed by atoms with van der Waals surface area (Å²) in [5.74, 6) is 0.192. The Morgan fingerprint density at radius 1 is 1.29 bits per heavy atom. The van der Waals surface area contributed by atoms with E-state index < -0.39 is 0 Å². The monoisotopic (exact) mass is 231 g/mol. The van der Waals surface area contributed by atoms with E-state index >= 15 is 0 Å². The number of ether oxygens (including phenoxy) is 2. The number of rotatable bonds is 3. The minimum atomic E-state index is -0.334. The van der Waals surface area contributed by atoms with E-state index in [9.17, 15) is 4.79 Å². The van der Waals surface area contributed by atoms with Gasteiger partial charge < -0.3 is 9.47 Å². The summed E-state index contributed by atoms with van der Waals surface area (Å²) in [7, 11) is 1.56. The maximum Gasteiger partial charge on any atom is 0.338 e. The molecule has 4 heteroatoms. The third kappa shape index (κ3) is 2.36. The summed E-state index contributed by atoms with van der Waals surface area (Å²) in [6.45, 7) is 2.14. The zero-order valence-electron chi connectivity index (χ0n) is 9.77. The normalized spacial score (nSPS) is 10.2. The topological polar surface area (TPSA) is 48.4 Å². The number of fused-ring (bicyclic) bond motifs is 1. The zero-order valence-corrected chi connectivity index (χ0v) is 9.77. The fraction of sp³-hybridized carbons (Fsp3) is 0.231. The van der Waals surface area contributed by atoms with Crippen LogP contribution in [-0.2, 0) is 4.74 Å². The summed E-state index contributed by atoms with van der Waals surface area (Å²) in [6, 6.07) is 8.96. The molecule has 1 heterocycles. The Labute approximate surface area is 99.2 Å². The first-order valence-corrected chi connectivity index (χ1v) is 5.36. The smallest absolute Gasteiger partial charge is 0.338 e. The van der Waals surface area contributed by atoms with Crippen LogP contribution in [0.2, 0.25) is 0 Å². The maximum atomic E-state index is 11.6. The van der Waals surface area contributed by atoms with Crippen molar-refractivity contribution in [3.8, 4) is 5.88 Å². The molecule has 0 amide bonds. The molecule has 4 nitrogen and oxygen atoms in total. The number of methoxy groups -OCH3 is 1. The molecule has 1 aromatic heterocycles. The molecular formula is C13H13NO3. The summed E-state index contributed by atoms with van der Waals surface area (Å²) < 4.78 is 9.98. The Morgan fingerprint density at radius 2 is 2.06 bits per heavy atom. The second-order valence-electron chi connectivity index (χ2n) is 3.48. The molecule has 0 aliphatic rings. The minimum absolute atomic E-state index is 0.334. The van der Waals surface area contributed by atoms with Crippen molar-refractivity contribution in [2.45, 2.75) is 6.92 Å². The van der Waals surface area contributed by atoms with Gasteiger partial charge in [0, 0.05) is 11.5 Å². The van der Waals surface area contributed by atoms with Gasteiger partial charge in [-0.1, -0.05) is 6.07 Å². The molecule has 0 saturated carbocycles. The van der Waals surface area contributed by atoms with Gasteiger partial charge in [0.15, 0.2) is 0 Å². The lowest BCUT2D eigenvalue weighted by Crippen LogP contribution is -2.04. The Bertz CT molecular complexity index is 551. The molecule has 2 aromatic rings. The Balaban J connectivity index is 2.44. The molecule has 0 atom stereocenters. The Hall–Kier alpha value is -2.10. The molecule has 1 aromatic carbocycles. The summed E-state index contributed by atoms with van der Waals surface area (Å²) in [4.78, 5) is 15.8. The van der Waals surface area contributed by atoms with Gasteiger partial charge in [-0.2, -0.15) is 0 Å². The van der Waals surface area contributed by atoms with Crippen molar-refractivity contribution in [2.75, 3.05) is 13.7 Å². The lowest BCUT2D eigenvalue weighted by atomic mass is 10.1. The van der Waals surface area contributed by atoms with Crippen molar-refractivity contribution in [1.29, 1.82) is 0 Å². The van der Waals surface area contributed by atoms with Gasteiger partial charge in [-0.25, -0.2) is 9.78 Å². The highest BCUT2D eigenvalue weighted by molar-refractivity contribution is 5.94. The highest BCUT2D eigenvalue weighted by Gasteiger charge is 2.07. The lowest BCUT2D eigenvalue weighted by molar-refractivity contribution is 0.0526. The second kappa shape index (κ2) is 4.82. The molecule has 17 heavy (non-hydrogen) atoms. The van der Waals surface area contributed by atoms with Crippen LogP contribution in [0, 0.1) is 0 Å². The lowest BCUT2D eigenvalue weighted by Gasteiger charge is -2.04. The second-order valence-corrected chi connectivity index (χ2v) is 3.48. The van der Waals surface area contributed by atoms with Crippen molar-refractivity contribution in [1.82, 2.24) is 4.98 Å². The molecule has 0 fully saturated rings. The largest absolute Gasteiger partial charge is 0.481 e. The van der Waals surface area contributed by atoms with Crippen LogP contribution < -0.4 is 4.74 Å². The van der Waals surface area contributed by atoms with E-state index in [1.54, 1.807) is 32.2 Å². The van der Waals surface area contributed by atoms with Gasteiger partial charge in [-0.15, -0.1) is 0 Å². The van der Waals surface area contributed by atoms with Gasteiger partial charge in [-0.3, -0.25) is 0 Å². The Morgan fingerprint density at radius 3 is 2.76 bits per heavy atom. The highest BCUT2D eigenvalue weighted by atomic mass is 16.5. The van der Waals surface area contributed by atoms with E-state index in [1.165, 1.54) is 0 Å². The third-order valence-electron chi connectivity index (χ3n) is 2.39. The SMILES string of the molecule is CCOC(=O)c1ccc2ccc(OC)nc2c1. The van der Waals surface area contributed by atoms with Crippen LogP contribution in [0.3, 0.4) is 0 Å². The molecule has 0 spiro atoms. The van der Waals surface area contributed by atoms with Crippen LogP contribution in [-0.4, -0.2) is 24.7 Å². The van der Waals surface area contributed by atoms with Gasteiger partial charge >= 0.3 is 5.97 Å². The van der Waals surface area contributed by atoms with E-state index in [2.05, 4.69) is 4.98 Å². The van der Waals surface area contributed by atoms with Crippen LogP contribution >= 0.6 is 0 Å². The first-order valence-electron chi connectivity index (χ1n) is 5.36. The maximum absolute atomic E-state index is 11.6. The van der Waals surface area contributed by atoms with Crippen LogP contribution in [0.1, 0.15) is 17.3 Å². The van der Waals surface area contributed by atoms with E-state index in [0.717, 1.165) is 10.9 Å². The molecule has 0 unspecified atom stereocenters. The van der Waals surface area contributed by atoms with Crippen molar-refractivity contribution in [3.05, 3.63) is 35.9 Å². The molecule has 0 N–H and O–H groups in total. The van der Waals surface area contributed by atoms with Crippen molar-refractivity contribution in [2.24, 2.45) is 0 Å². The average molecular weight is 231 g/mol. The van der Waals surface area contributed by atoms with Gasteiger partial charge in [0.1, 0.15) is 0 Å². The fourth-order valence-electron chi connectivity index (χ4n) is 1.55. The van der Waals surface area contributed by atoms with Crippen molar-refractivity contribution in [3.63, 3.8) is 0 Å². The number of hydrogen-bond acceptors (Lipinski definition) is 4. The van der Waals surface area contributed by atoms with Crippen molar-refractivity contribution < 1.29 is 14.3 Å². The molecule has 0 aliphatic heterocycles. The van der Waals surface area contributed by atoms with Crippen LogP contribution in [0.15, 0.2) is 30.3 Å². The molecule has 0 saturated heterocycles. The Kier molecular flexibility index (Phi) is 3.23. The number of aromatic nitrogens is 1. The van der Waals surface area contributed by atoms with E-state index in [1.807, 2.05) is 12.1 Å². The van der Waals surface area contributed by atoms with Crippen molar-refractivity contribution >= 4 is 16.9 Å². The summed E-state index contributed by atoms with van der Waals surface area (Å²) in [5.41, 5.74) is 1.22. The molecule has 2 rings (SSSR count). The third-order valence-corrected chi connectivity index (χ3v) is 2.39. The summed E-state index contributed by atoms with van der Waals surface area (Å²) in [5, 5.41) is 0.957. The zero-order chi connectivity index (χ0) is 12.3. The number of carbonyl (C=O) groups excluding carboxylic acids is 1. The van der Waals surface area contributed by atoms with Gasteiger partial charge in [0.05, 0.1) is 24.8 Å². The number of pyridine rings is 1. The molecule has 0 bridgehead atoms. The van der Waals surface area contributed by atoms with E-state index in [4.69, 9.17) is 9.47 Å². The number of nitrogens with zero attached hydrogens (tertiary/aromatic N) is 1. The average Bonchev–Trinajstić information content (AvgIpc) is 2.37. The van der Waals surface area contributed by atoms with Crippen LogP contribution in [0.5, 0.6) is 5.88 Å². The molecule has 88 valence electrons. The van der Waals surface area contributed by atoms with Crippen LogP contribution in [0.4, 0.5) is 0 Å². The van der Waals surface area contributed by atoms with Gasteiger partial charge in [0.2, 0.25) is 5.88 Å². The first kappa shape index (κ1) is 11.4. The predicted octanol–water partition coefficient (Wildman–Crippen LogP) is 2.42. The minimum Gasteiger partial charge on any atom is -0.481 e.